The highest BCUT2D eigenvalue weighted by molar-refractivity contribution is 9.10. The lowest BCUT2D eigenvalue weighted by atomic mass is 9.92. The molecule has 0 spiro atoms. The average Bonchev–Trinajstić information content (AvgIpc) is 3.18. The molecule has 5 rings (SSSR count). The molecular weight excluding hydrogens is 498 g/mol. The van der Waals surface area contributed by atoms with Crippen LogP contribution in [0.3, 0.4) is 0 Å². The molecule has 3 aromatic carbocycles. The van der Waals surface area contributed by atoms with Crippen LogP contribution in [0.5, 0.6) is 5.75 Å². The highest BCUT2D eigenvalue weighted by Crippen LogP contribution is 2.44. The number of hydrogen-bond donors (Lipinski definition) is 1. The molecule has 0 bridgehead atoms. The summed E-state index contributed by atoms with van der Waals surface area (Å²) >= 11 is 3.37. The van der Waals surface area contributed by atoms with Crippen molar-refractivity contribution in [2.45, 2.75) is 24.4 Å². The molecule has 1 atom stereocenters. The molecule has 1 saturated heterocycles. The van der Waals surface area contributed by atoms with Crippen LogP contribution >= 0.6 is 15.9 Å². The Morgan fingerprint density at radius 2 is 1.59 bits per heavy atom. The molecule has 6 nitrogen and oxygen atoms in total. The third-order valence-electron chi connectivity index (χ3n) is 6.57. The predicted octanol–water partition coefficient (Wildman–Crippen LogP) is 5.70. The molecular formula is C27H24BrNO5. The fraction of sp³-hybridized carbons (Fsp3) is 0.259. The maximum absolute atomic E-state index is 13.0. The van der Waals surface area contributed by atoms with E-state index in [2.05, 4.69) is 40.2 Å². The number of nitrogens with zero attached hydrogens (tertiary/aromatic N) is 1. The second-order valence-electron chi connectivity index (χ2n) is 8.68. The Morgan fingerprint density at radius 1 is 0.971 bits per heavy atom. The number of aliphatic carboxylic acids is 1. The molecule has 3 aromatic rings. The predicted molar refractivity (Wildman–Crippen MR) is 131 cm³/mol. The number of rotatable bonds is 5. The Balaban J connectivity index is 1.30. The van der Waals surface area contributed by atoms with Crippen molar-refractivity contribution in [1.29, 1.82) is 0 Å². The van der Waals surface area contributed by atoms with Gasteiger partial charge in [0.2, 0.25) is 5.60 Å². The first-order valence-corrected chi connectivity index (χ1v) is 12.0. The summed E-state index contributed by atoms with van der Waals surface area (Å²) in [6.45, 7) is 0.543. The zero-order valence-corrected chi connectivity index (χ0v) is 20.0. The molecule has 0 radical (unpaired) electrons. The summed E-state index contributed by atoms with van der Waals surface area (Å²) in [5.41, 5.74) is 3.06. The number of carbonyl (C=O) groups is 2. The van der Waals surface area contributed by atoms with Gasteiger partial charge in [-0.3, -0.25) is 0 Å². The number of likely N-dealkylation sites (tertiary alicyclic amines) is 1. The molecule has 1 fully saturated rings. The van der Waals surface area contributed by atoms with E-state index in [4.69, 9.17) is 9.47 Å². The lowest BCUT2D eigenvalue weighted by molar-refractivity contribution is -0.159. The molecule has 34 heavy (non-hydrogen) atoms. The second kappa shape index (κ2) is 9.14. The van der Waals surface area contributed by atoms with Crippen LogP contribution in [0.15, 0.2) is 77.3 Å². The minimum absolute atomic E-state index is 0.0515. The van der Waals surface area contributed by atoms with E-state index in [1.54, 1.807) is 24.3 Å². The number of piperidine rings is 1. The first kappa shape index (κ1) is 22.5. The second-order valence-corrected chi connectivity index (χ2v) is 9.60. The topological polar surface area (TPSA) is 76.1 Å². The van der Waals surface area contributed by atoms with Crippen molar-refractivity contribution < 1.29 is 24.2 Å². The monoisotopic (exact) mass is 521 g/mol. The van der Waals surface area contributed by atoms with E-state index < -0.39 is 17.7 Å². The number of halogens is 1. The van der Waals surface area contributed by atoms with E-state index in [1.165, 1.54) is 4.90 Å². The van der Waals surface area contributed by atoms with Gasteiger partial charge in [0.1, 0.15) is 12.4 Å². The molecule has 1 amide bonds. The van der Waals surface area contributed by atoms with Gasteiger partial charge < -0.3 is 19.5 Å². The molecule has 1 N–H and O–H groups in total. The van der Waals surface area contributed by atoms with E-state index in [0.29, 0.717) is 25.1 Å². The van der Waals surface area contributed by atoms with Gasteiger partial charge >= 0.3 is 12.1 Å². The number of benzene rings is 3. The van der Waals surface area contributed by atoms with E-state index >= 15 is 0 Å². The summed E-state index contributed by atoms with van der Waals surface area (Å²) < 4.78 is 12.6. The Bertz CT molecular complexity index is 1180. The van der Waals surface area contributed by atoms with E-state index in [0.717, 1.165) is 26.7 Å². The van der Waals surface area contributed by atoms with Gasteiger partial charge in [-0.1, -0.05) is 64.5 Å². The van der Waals surface area contributed by atoms with Crippen molar-refractivity contribution in [2.24, 2.45) is 0 Å². The van der Waals surface area contributed by atoms with Gasteiger partial charge in [-0.05, 0) is 52.9 Å². The van der Waals surface area contributed by atoms with Crippen molar-refractivity contribution in [3.8, 4) is 16.9 Å². The standard InChI is InChI=1S/C27H24BrNO5/c28-18-10-12-19(13-11-18)34-27(25(30)31)14-5-15-29(17-27)26(32)33-16-24-22-8-3-1-6-20(22)21-7-2-4-9-23(21)24/h1-4,6-13,24H,5,14-17H2,(H,30,31). The van der Waals surface area contributed by atoms with Crippen LogP contribution in [-0.4, -0.2) is 47.4 Å². The molecule has 1 aliphatic heterocycles. The third kappa shape index (κ3) is 4.16. The number of hydrogen-bond acceptors (Lipinski definition) is 4. The number of fused-ring (bicyclic) bond motifs is 3. The molecule has 1 unspecified atom stereocenters. The lowest BCUT2D eigenvalue weighted by Crippen LogP contribution is -2.58. The molecule has 174 valence electrons. The average molecular weight is 522 g/mol. The van der Waals surface area contributed by atoms with Crippen LogP contribution in [0.4, 0.5) is 4.79 Å². The number of amides is 1. The number of ether oxygens (including phenoxy) is 2. The van der Waals surface area contributed by atoms with E-state index in [-0.39, 0.29) is 19.1 Å². The fourth-order valence-electron chi connectivity index (χ4n) is 4.89. The van der Waals surface area contributed by atoms with Gasteiger partial charge in [0.25, 0.3) is 0 Å². The van der Waals surface area contributed by atoms with Gasteiger partial charge in [-0.15, -0.1) is 0 Å². The smallest absolute Gasteiger partial charge is 0.409 e. The highest BCUT2D eigenvalue weighted by atomic mass is 79.9. The summed E-state index contributed by atoms with van der Waals surface area (Å²) in [5.74, 6) is -0.698. The Morgan fingerprint density at radius 3 is 2.21 bits per heavy atom. The van der Waals surface area contributed by atoms with Crippen LogP contribution in [-0.2, 0) is 9.53 Å². The summed E-state index contributed by atoms with van der Waals surface area (Å²) in [6, 6.07) is 23.3. The van der Waals surface area contributed by atoms with Crippen molar-refractivity contribution in [2.75, 3.05) is 19.7 Å². The largest absolute Gasteiger partial charge is 0.478 e. The minimum atomic E-state index is -1.52. The van der Waals surface area contributed by atoms with Crippen molar-refractivity contribution in [1.82, 2.24) is 4.90 Å². The Labute approximate surface area is 206 Å². The normalized spacial score (nSPS) is 19.3. The fourth-order valence-corrected chi connectivity index (χ4v) is 5.16. The highest BCUT2D eigenvalue weighted by Gasteiger charge is 2.47. The first-order valence-electron chi connectivity index (χ1n) is 11.2. The Kier molecular flexibility index (Phi) is 6.04. The molecule has 7 heteroatoms. The van der Waals surface area contributed by atoms with Crippen LogP contribution in [0.2, 0.25) is 0 Å². The summed E-state index contributed by atoms with van der Waals surface area (Å²) in [7, 11) is 0. The zero-order valence-electron chi connectivity index (χ0n) is 18.4. The molecule has 1 heterocycles. The van der Waals surface area contributed by atoms with Crippen molar-refractivity contribution >= 4 is 28.0 Å². The van der Waals surface area contributed by atoms with Gasteiger partial charge in [0, 0.05) is 23.4 Å². The quantitative estimate of drug-likeness (QED) is 0.466. The first-order chi connectivity index (χ1) is 16.5. The molecule has 0 saturated carbocycles. The van der Waals surface area contributed by atoms with Gasteiger partial charge in [-0.25, -0.2) is 9.59 Å². The van der Waals surface area contributed by atoms with Crippen LogP contribution in [0.25, 0.3) is 11.1 Å². The maximum atomic E-state index is 13.0. The lowest BCUT2D eigenvalue weighted by Gasteiger charge is -2.39. The van der Waals surface area contributed by atoms with Crippen LogP contribution < -0.4 is 4.74 Å². The van der Waals surface area contributed by atoms with E-state index in [9.17, 15) is 14.7 Å². The summed E-state index contributed by atoms with van der Waals surface area (Å²) in [5, 5.41) is 10.0. The van der Waals surface area contributed by atoms with Crippen molar-refractivity contribution in [3.63, 3.8) is 0 Å². The third-order valence-corrected chi connectivity index (χ3v) is 7.09. The van der Waals surface area contributed by atoms with Gasteiger partial charge in [0.05, 0.1) is 6.54 Å². The molecule has 0 aromatic heterocycles. The zero-order chi connectivity index (χ0) is 23.7. The summed E-state index contributed by atoms with van der Waals surface area (Å²) in [4.78, 5) is 26.7. The van der Waals surface area contributed by atoms with Crippen LogP contribution in [0, 0.1) is 0 Å². The SMILES string of the molecule is O=C(OCC1c2ccccc2-c2ccccc21)N1CCCC(Oc2ccc(Br)cc2)(C(=O)O)C1. The van der Waals surface area contributed by atoms with Crippen LogP contribution in [0.1, 0.15) is 29.9 Å². The minimum Gasteiger partial charge on any atom is -0.478 e. The molecule has 1 aliphatic carbocycles. The Hall–Kier alpha value is -3.32. The van der Waals surface area contributed by atoms with Crippen molar-refractivity contribution in [3.05, 3.63) is 88.4 Å². The van der Waals surface area contributed by atoms with E-state index in [1.807, 2.05) is 24.3 Å². The van der Waals surface area contributed by atoms with Gasteiger partial charge in [0.15, 0.2) is 0 Å². The molecule has 2 aliphatic rings. The maximum Gasteiger partial charge on any atom is 0.409 e. The number of carboxylic acid groups (broad SMARTS) is 1. The van der Waals surface area contributed by atoms with Gasteiger partial charge in [-0.2, -0.15) is 0 Å². The summed E-state index contributed by atoms with van der Waals surface area (Å²) in [6.07, 6.45) is 0.296. The number of carboxylic acids is 1. The number of carbonyl (C=O) groups excluding carboxylic acids is 1.